The fourth-order valence-electron chi connectivity index (χ4n) is 6.21. The number of nitrogens with zero attached hydrogens (tertiary/aromatic N) is 7. The standard InChI is InChI=1S/C38H25N7/c1-5-16-34(45-37-19-8-4-14-32(37)42-38(45)33-15-9-10-20-39-33)29(11-1)26-21-27(43-24-40-30-12-2-6-17-35(30)43)23-28(22-26)44-25-41-31-13-3-7-18-36(31)44/h1-25H. The predicted molar refractivity (Wildman–Crippen MR) is 179 cm³/mol. The molecule has 0 bridgehead atoms. The highest BCUT2D eigenvalue weighted by atomic mass is 15.1. The van der Waals surface area contributed by atoms with Gasteiger partial charge < -0.3 is 0 Å². The lowest BCUT2D eigenvalue weighted by atomic mass is 10.0. The number of aromatic nitrogens is 7. The molecule has 9 aromatic rings. The normalized spacial score (nSPS) is 11.6. The third-order valence-corrected chi connectivity index (χ3v) is 8.28. The lowest BCUT2D eigenvalue weighted by Crippen LogP contribution is -2.02. The third-order valence-electron chi connectivity index (χ3n) is 8.28. The molecule has 7 heteroatoms. The summed E-state index contributed by atoms with van der Waals surface area (Å²) in [6, 6.07) is 45.7. The molecular formula is C38H25N7. The molecule has 0 spiro atoms. The Morgan fingerprint density at radius 3 is 1.71 bits per heavy atom. The van der Waals surface area contributed by atoms with Gasteiger partial charge in [-0.15, -0.1) is 0 Å². The number of imidazole rings is 3. The van der Waals surface area contributed by atoms with Crippen molar-refractivity contribution in [2.75, 3.05) is 0 Å². The van der Waals surface area contributed by atoms with Crippen LogP contribution in [0.3, 0.4) is 0 Å². The van der Waals surface area contributed by atoms with Crippen LogP contribution < -0.4 is 0 Å². The molecule has 45 heavy (non-hydrogen) atoms. The summed E-state index contributed by atoms with van der Waals surface area (Å²) in [7, 11) is 0. The molecular weight excluding hydrogens is 554 g/mol. The van der Waals surface area contributed by atoms with Gasteiger partial charge in [0, 0.05) is 23.1 Å². The first kappa shape index (κ1) is 25.2. The van der Waals surface area contributed by atoms with Crippen molar-refractivity contribution in [2.45, 2.75) is 0 Å². The minimum absolute atomic E-state index is 0.793. The average molecular weight is 580 g/mol. The Morgan fingerprint density at radius 1 is 0.467 bits per heavy atom. The van der Waals surface area contributed by atoms with Gasteiger partial charge in [0.15, 0.2) is 5.82 Å². The van der Waals surface area contributed by atoms with Gasteiger partial charge in [0.1, 0.15) is 18.3 Å². The lowest BCUT2D eigenvalue weighted by molar-refractivity contribution is 1.05. The van der Waals surface area contributed by atoms with Gasteiger partial charge in [-0.3, -0.25) is 18.7 Å². The molecule has 9 rings (SSSR count). The number of pyridine rings is 1. The van der Waals surface area contributed by atoms with Gasteiger partial charge in [-0.25, -0.2) is 15.0 Å². The van der Waals surface area contributed by atoms with E-state index in [1.54, 1.807) is 0 Å². The van der Waals surface area contributed by atoms with E-state index < -0.39 is 0 Å². The quantitative estimate of drug-likeness (QED) is 0.205. The summed E-state index contributed by atoms with van der Waals surface area (Å²) in [5.74, 6) is 0.793. The number of benzene rings is 5. The number of para-hydroxylation sites is 7. The Hall–Kier alpha value is -6.34. The average Bonchev–Trinajstić information content (AvgIpc) is 3.84. The predicted octanol–water partition coefficient (Wildman–Crippen LogP) is 8.43. The SMILES string of the molecule is c1ccc(-c2nc3ccccc3n2-c2ccccc2-c2cc(-n3cnc4ccccc43)cc(-n3cnc4ccccc43)c2)nc1. The summed E-state index contributed by atoms with van der Waals surface area (Å²) in [6.45, 7) is 0. The Kier molecular flexibility index (Phi) is 5.67. The molecule has 0 amide bonds. The first-order valence-electron chi connectivity index (χ1n) is 14.8. The van der Waals surface area contributed by atoms with Gasteiger partial charge in [-0.05, 0) is 78.4 Å². The van der Waals surface area contributed by atoms with Crippen LogP contribution in [0.1, 0.15) is 0 Å². The second kappa shape index (κ2) is 10.1. The van der Waals surface area contributed by atoms with Crippen molar-refractivity contribution in [3.8, 4) is 39.7 Å². The molecule has 0 atom stereocenters. The largest absolute Gasteiger partial charge is 0.299 e. The van der Waals surface area contributed by atoms with Crippen LogP contribution in [-0.2, 0) is 0 Å². The molecule has 212 valence electrons. The second-order valence-electron chi connectivity index (χ2n) is 10.9. The number of hydrogen-bond donors (Lipinski definition) is 0. The van der Waals surface area contributed by atoms with Crippen LogP contribution in [0.5, 0.6) is 0 Å². The zero-order valence-corrected chi connectivity index (χ0v) is 24.1. The zero-order valence-electron chi connectivity index (χ0n) is 24.1. The molecule has 4 aromatic heterocycles. The summed E-state index contributed by atoms with van der Waals surface area (Å²) in [5.41, 5.74) is 11.9. The van der Waals surface area contributed by atoms with Gasteiger partial charge in [-0.2, -0.15) is 0 Å². The van der Waals surface area contributed by atoms with Crippen molar-refractivity contribution < 1.29 is 0 Å². The van der Waals surface area contributed by atoms with Crippen molar-refractivity contribution in [3.05, 3.63) is 152 Å². The second-order valence-corrected chi connectivity index (χ2v) is 10.9. The molecule has 0 aliphatic carbocycles. The van der Waals surface area contributed by atoms with Crippen LogP contribution in [0.4, 0.5) is 0 Å². The maximum atomic E-state index is 5.05. The molecule has 7 nitrogen and oxygen atoms in total. The van der Waals surface area contributed by atoms with E-state index in [2.05, 4.69) is 85.4 Å². The number of rotatable bonds is 5. The third kappa shape index (κ3) is 4.13. The van der Waals surface area contributed by atoms with E-state index in [0.717, 1.165) is 72.8 Å². The van der Waals surface area contributed by atoms with Crippen molar-refractivity contribution in [1.29, 1.82) is 0 Å². The highest BCUT2D eigenvalue weighted by Gasteiger charge is 2.19. The maximum absolute atomic E-state index is 5.05. The van der Waals surface area contributed by atoms with Crippen LogP contribution >= 0.6 is 0 Å². The topological polar surface area (TPSA) is 66.3 Å². The Balaban J connectivity index is 1.33. The van der Waals surface area contributed by atoms with Gasteiger partial charge in [0.05, 0.1) is 38.8 Å². The fraction of sp³-hybridized carbons (Fsp3) is 0. The lowest BCUT2D eigenvalue weighted by Gasteiger charge is -2.17. The van der Waals surface area contributed by atoms with Crippen molar-refractivity contribution >= 4 is 33.1 Å². The summed E-state index contributed by atoms with van der Waals surface area (Å²) >= 11 is 0. The zero-order chi connectivity index (χ0) is 29.7. The van der Waals surface area contributed by atoms with E-state index in [4.69, 9.17) is 15.0 Å². The van der Waals surface area contributed by atoms with Gasteiger partial charge in [-0.1, -0.05) is 60.7 Å². The molecule has 0 aliphatic rings. The number of fused-ring (bicyclic) bond motifs is 3. The molecule has 5 aromatic carbocycles. The maximum Gasteiger partial charge on any atom is 0.164 e. The minimum atomic E-state index is 0.793. The molecule has 0 saturated carbocycles. The highest BCUT2D eigenvalue weighted by molar-refractivity contribution is 5.87. The smallest absolute Gasteiger partial charge is 0.164 e. The van der Waals surface area contributed by atoms with Crippen molar-refractivity contribution in [3.63, 3.8) is 0 Å². The molecule has 0 N–H and O–H groups in total. The summed E-state index contributed by atoms with van der Waals surface area (Å²) in [6.07, 6.45) is 5.60. The molecule has 0 radical (unpaired) electrons. The molecule has 0 saturated heterocycles. The number of hydrogen-bond acceptors (Lipinski definition) is 4. The van der Waals surface area contributed by atoms with E-state index in [1.165, 1.54) is 0 Å². The summed E-state index contributed by atoms with van der Waals surface area (Å²) in [4.78, 5) is 19.1. The Morgan fingerprint density at radius 2 is 1.04 bits per heavy atom. The van der Waals surface area contributed by atoms with Crippen LogP contribution in [0.2, 0.25) is 0 Å². The Bertz CT molecular complexity index is 2410. The Labute approximate surface area is 258 Å². The van der Waals surface area contributed by atoms with E-state index in [0.29, 0.717) is 0 Å². The van der Waals surface area contributed by atoms with Gasteiger partial charge >= 0.3 is 0 Å². The van der Waals surface area contributed by atoms with Crippen LogP contribution in [0, 0.1) is 0 Å². The van der Waals surface area contributed by atoms with E-state index in [-0.39, 0.29) is 0 Å². The molecule has 0 aliphatic heterocycles. The molecule has 0 fully saturated rings. The van der Waals surface area contributed by atoms with E-state index >= 15 is 0 Å². The van der Waals surface area contributed by atoms with Crippen LogP contribution in [0.15, 0.2) is 152 Å². The van der Waals surface area contributed by atoms with Gasteiger partial charge in [0.2, 0.25) is 0 Å². The minimum Gasteiger partial charge on any atom is -0.299 e. The van der Waals surface area contributed by atoms with Crippen molar-refractivity contribution in [1.82, 2.24) is 33.6 Å². The molecule has 4 heterocycles. The van der Waals surface area contributed by atoms with Crippen molar-refractivity contribution in [2.24, 2.45) is 0 Å². The van der Waals surface area contributed by atoms with E-state index in [1.807, 2.05) is 85.6 Å². The fourth-order valence-corrected chi connectivity index (χ4v) is 6.21. The first-order chi connectivity index (χ1) is 22.3. The first-order valence-corrected chi connectivity index (χ1v) is 14.8. The summed E-state index contributed by atoms with van der Waals surface area (Å²) in [5, 5.41) is 0. The van der Waals surface area contributed by atoms with Crippen LogP contribution in [-0.4, -0.2) is 33.6 Å². The summed E-state index contributed by atoms with van der Waals surface area (Å²) < 4.78 is 6.52. The van der Waals surface area contributed by atoms with Crippen LogP contribution in [0.25, 0.3) is 72.8 Å². The highest BCUT2D eigenvalue weighted by Crippen LogP contribution is 2.36. The van der Waals surface area contributed by atoms with E-state index in [9.17, 15) is 0 Å². The molecule has 0 unspecified atom stereocenters. The monoisotopic (exact) mass is 579 g/mol. The van der Waals surface area contributed by atoms with Gasteiger partial charge in [0.25, 0.3) is 0 Å².